The van der Waals surface area contributed by atoms with Crippen LogP contribution in [0.25, 0.3) is 6.08 Å². The Kier molecular flexibility index (Phi) is 4.97. The highest BCUT2D eigenvalue weighted by Gasteiger charge is 2.30. The second kappa shape index (κ2) is 7.13. The van der Waals surface area contributed by atoms with E-state index in [2.05, 4.69) is 0 Å². The van der Waals surface area contributed by atoms with Crippen molar-refractivity contribution >= 4 is 11.9 Å². The fraction of sp³-hybridized carbons (Fsp3) is 0.550. The van der Waals surface area contributed by atoms with Crippen molar-refractivity contribution in [1.82, 2.24) is 0 Å². The molecule has 0 bridgehead atoms. The van der Waals surface area contributed by atoms with E-state index >= 15 is 0 Å². The summed E-state index contributed by atoms with van der Waals surface area (Å²) in [6.07, 6.45) is 11.7. The SMILES string of the molecule is COc1ccccc1/C=C1/CCC(C2CCCCC2)CC1=O. The van der Waals surface area contributed by atoms with Gasteiger partial charge < -0.3 is 4.74 Å². The van der Waals surface area contributed by atoms with Gasteiger partial charge in [0.2, 0.25) is 0 Å². The summed E-state index contributed by atoms with van der Waals surface area (Å²) in [4.78, 5) is 12.5. The smallest absolute Gasteiger partial charge is 0.159 e. The number of hydrogen-bond donors (Lipinski definition) is 0. The molecule has 3 rings (SSSR count). The van der Waals surface area contributed by atoms with Crippen LogP contribution in [0.4, 0.5) is 0 Å². The van der Waals surface area contributed by atoms with Crippen molar-refractivity contribution in [2.24, 2.45) is 11.8 Å². The van der Waals surface area contributed by atoms with Crippen LogP contribution in [-0.4, -0.2) is 12.9 Å². The first-order chi connectivity index (χ1) is 10.8. The summed E-state index contributed by atoms with van der Waals surface area (Å²) in [5, 5.41) is 0. The Morgan fingerprint density at radius 3 is 2.55 bits per heavy atom. The summed E-state index contributed by atoms with van der Waals surface area (Å²) < 4.78 is 5.38. The van der Waals surface area contributed by atoms with Gasteiger partial charge in [-0.25, -0.2) is 0 Å². The molecule has 0 heterocycles. The molecule has 2 saturated carbocycles. The number of para-hydroxylation sites is 1. The van der Waals surface area contributed by atoms with Crippen LogP contribution in [0.15, 0.2) is 29.8 Å². The standard InChI is InChI=1S/C20H26O2/c1-22-20-10-6-5-9-18(20)13-17-12-11-16(14-19(17)21)15-7-3-2-4-8-15/h5-6,9-10,13,15-16H,2-4,7-8,11-12,14H2,1H3/b17-13-. The largest absolute Gasteiger partial charge is 0.496 e. The number of carbonyl (C=O) groups is 1. The molecule has 0 N–H and O–H groups in total. The molecule has 22 heavy (non-hydrogen) atoms. The number of ether oxygens (including phenoxy) is 1. The van der Waals surface area contributed by atoms with Crippen LogP contribution in [0, 0.1) is 11.8 Å². The molecular weight excluding hydrogens is 272 g/mol. The quantitative estimate of drug-likeness (QED) is 0.732. The minimum absolute atomic E-state index is 0.354. The van der Waals surface area contributed by atoms with Crippen LogP contribution < -0.4 is 4.74 Å². The van der Waals surface area contributed by atoms with Crippen molar-refractivity contribution in [3.05, 3.63) is 35.4 Å². The lowest BCUT2D eigenvalue weighted by Crippen LogP contribution is -2.25. The maximum atomic E-state index is 12.5. The zero-order valence-electron chi connectivity index (χ0n) is 13.5. The van der Waals surface area contributed by atoms with Gasteiger partial charge in [0, 0.05) is 12.0 Å². The average molecular weight is 298 g/mol. The lowest BCUT2D eigenvalue weighted by Gasteiger charge is -2.33. The predicted octanol–water partition coefficient (Wildman–Crippen LogP) is 5.03. The lowest BCUT2D eigenvalue weighted by atomic mass is 9.72. The van der Waals surface area contributed by atoms with Gasteiger partial charge in [0.05, 0.1) is 7.11 Å². The zero-order chi connectivity index (χ0) is 15.4. The minimum Gasteiger partial charge on any atom is -0.496 e. The molecule has 0 spiro atoms. The van der Waals surface area contributed by atoms with Gasteiger partial charge in [0.25, 0.3) is 0 Å². The maximum absolute atomic E-state index is 12.5. The summed E-state index contributed by atoms with van der Waals surface area (Å²) in [6.45, 7) is 0. The first kappa shape index (κ1) is 15.3. The number of ketones is 1. The molecule has 1 aromatic rings. The molecule has 0 aromatic heterocycles. The molecule has 1 atom stereocenters. The molecule has 1 unspecified atom stereocenters. The number of hydrogen-bond acceptors (Lipinski definition) is 2. The number of Topliss-reactive ketones (excluding diaryl/α,β-unsaturated/α-hetero) is 1. The summed E-state index contributed by atoms with van der Waals surface area (Å²) in [5.41, 5.74) is 2.00. The van der Waals surface area contributed by atoms with E-state index in [1.807, 2.05) is 30.3 Å². The molecule has 2 fully saturated rings. The van der Waals surface area contributed by atoms with Crippen molar-refractivity contribution < 1.29 is 9.53 Å². The van der Waals surface area contributed by atoms with E-state index < -0.39 is 0 Å². The van der Waals surface area contributed by atoms with Crippen molar-refractivity contribution in [3.8, 4) is 5.75 Å². The Morgan fingerprint density at radius 1 is 1.05 bits per heavy atom. The Balaban J connectivity index is 1.70. The van der Waals surface area contributed by atoms with Gasteiger partial charge in [-0.3, -0.25) is 4.79 Å². The molecule has 0 saturated heterocycles. The molecule has 2 nitrogen and oxygen atoms in total. The number of benzene rings is 1. The predicted molar refractivity (Wildman–Crippen MR) is 89.9 cm³/mol. The topological polar surface area (TPSA) is 26.3 Å². The van der Waals surface area contributed by atoms with E-state index in [9.17, 15) is 4.79 Å². The molecule has 0 amide bonds. The monoisotopic (exact) mass is 298 g/mol. The van der Waals surface area contributed by atoms with Gasteiger partial charge >= 0.3 is 0 Å². The van der Waals surface area contributed by atoms with Gasteiger partial charge in [-0.2, -0.15) is 0 Å². The van der Waals surface area contributed by atoms with Crippen LogP contribution >= 0.6 is 0 Å². The van der Waals surface area contributed by atoms with E-state index in [0.717, 1.165) is 35.6 Å². The van der Waals surface area contributed by atoms with Crippen molar-refractivity contribution in [1.29, 1.82) is 0 Å². The van der Waals surface area contributed by atoms with Crippen LogP contribution in [0.3, 0.4) is 0 Å². The van der Waals surface area contributed by atoms with Crippen molar-refractivity contribution in [2.45, 2.75) is 51.4 Å². The second-order valence-corrected chi connectivity index (χ2v) is 6.74. The Bertz CT molecular complexity index is 553. The van der Waals surface area contributed by atoms with Crippen molar-refractivity contribution in [3.63, 3.8) is 0 Å². The molecule has 2 aliphatic carbocycles. The van der Waals surface area contributed by atoms with E-state index in [1.54, 1.807) is 7.11 Å². The van der Waals surface area contributed by atoms with Crippen molar-refractivity contribution in [2.75, 3.05) is 7.11 Å². The highest BCUT2D eigenvalue weighted by atomic mass is 16.5. The van der Waals surface area contributed by atoms with Gasteiger partial charge in [0.1, 0.15) is 5.75 Å². The van der Waals surface area contributed by atoms with E-state index in [1.165, 1.54) is 38.5 Å². The zero-order valence-corrected chi connectivity index (χ0v) is 13.5. The number of rotatable bonds is 3. The third-order valence-corrected chi connectivity index (χ3v) is 5.38. The highest BCUT2D eigenvalue weighted by Crippen LogP contribution is 2.39. The van der Waals surface area contributed by atoms with Crippen LogP contribution in [0.2, 0.25) is 0 Å². The Hall–Kier alpha value is -1.57. The summed E-state index contributed by atoms with van der Waals surface area (Å²) in [7, 11) is 1.68. The molecular formula is C20H26O2. The van der Waals surface area contributed by atoms with Crippen LogP contribution in [0.1, 0.15) is 56.9 Å². The average Bonchev–Trinajstić information content (AvgIpc) is 2.58. The normalized spacial score (nSPS) is 25.4. The number of carbonyl (C=O) groups excluding carboxylic acids is 1. The third kappa shape index (κ3) is 3.43. The molecule has 118 valence electrons. The number of allylic oxidation sites excluding steroid dienone is 1. The summed E-state index contributed by atoms with van der Waals surface area (Å²) >= 11 is 0. The Morgan fingerprint density at radius 2 is 1.82 bits per heavy atom. The first-order valence-corrected chi connectivity index (χ1v) is 8.64. The fourth-order valence-corrected chi connectivity index (χ4v) is 4.09. The van der Waals surface area contributed by atoms with Gasteiger partial charge in [-0.1, -0.05) is 50.3 Å². The molecule has 0 aliphatic heterocycles. The first-order valence-electron chi connectivity index (χ1n) is 8.64. The van der Waals surface area contributed by atoms with E-state index in [0.29, 0.717) is 11.7 Å². The minimum atomic E-state index is 0.354. The molecule has 2 heteroatoms. The van der Waals surface area contributed by atoms with E-state index in [4.69, 9.17) is 4.74 Å². The third-order valence-electron chi connectivity index (χ3n) is 5.38. The lowest BCUT2D eigenvalue weighted by molar-refractivity contribution is -0.118. The van der Waals surface area contributed by atoms with Gasteiger partial charge in [-0.15, -0.1) is 0 Å². The molecule has 1 aromatic carbocycles. The maximum Gasteiger partial charge on any atom is 0.159 e. The van der Waals surface area contributed by atoms with Crippen LogP contribution in [0.5, 0.6) is 5.75 Å². The Labute approximate surface area is 133 Å². The van der Waals surface area contributed by atoms with Crippen LogP contribution in [-0.2, 0) is 4.79 Å². The van der Waals surface area contributed by atoms with Gasteiger partial charge in [0.15, 0.2) is 5.78 Å². The van der Waals surface area contributed by atoms with E-state index in [-0.39, 0.29) is 0 Å². The highest BCUT2D eigenvalue weighted by molar-refractivity contribution is 6.00. The molecule has 2 aliphatic rings. The van der Waals surface area contributed by atoms with Gasteiger partial charge in [-0.05, 0) is 42.4 Å². The molecule has 0 radical (unpaired) electrons. The summed E-state index contributed by atoms with van der Waals surface area (Å²) in [5.74, 6) is 2.62. The number of methoxy groups -OCH3 is 1. The second-order valence-electron chi connectivity index (χ2n) is 6.74. The fourth-order valence-electron chi connectivity index (χ4n) is 4.09. The summed E-state index contributed by atoms with van der Waals surface area (Å²) in [6, 6.07) is 7.92.